The van der Waals surface area contributed by atoms with Crippen molar-refractivity contribution in [1.82, 2.24) is 0 Å². The van der Waals surface area contributed by atoms with Gasteiger partial charge in [-0.05, 0) is 43.2 Å². The highest BCUT2D eigenvalue weighted by molar-refractivity contribution is 6.74. The van der Waals surface area contributed by atoms with E-state index in [4.69, 9.17) is 13.6 Å². The highest BCUT2D eigenvalue weighted by Crippen LogP contribution is 2.43. The number of hydrogen-bond donors (Lipinski definition) is 1. The van der Waals surface area contributed by atoms with E-state index in [1.165, 1.54) is 0 Å². The van der Waals surface area contributed by atoms with Crippen LogP contribution in [0.2, 0.25) is 36.3 Å². The lowest BCUT2D eigenvalue weighted by atomic mass is 10.0. The van der Waals surface area contributed by atoms with Crippen molar-refractivity contribution in [1.29, 1.82) is 0 Å². The lowest BCUT2D eigenvalue weighted by molar-refractivity contribution is -0.0810. The summed E-state index contributed by atoms with van der Waals surface area (Å²) in [5.41, 5.74) is -0.393. The van der Waals surface area contributed by atoms with Crippen LogP contribution >= 0.6 is 0 Å². The Hall–Kier alpha value is 0.274. The molecule has 1 saturated heterocycles. The van der Waals surface area contributed by atoms with E-state index in [9.17, 15) is 5.11 Å². The molecule has 1 N–H and O–H groups in total. The Bertz CT molecular complexity index is 451. The van der Waals surface area contributed by atoms with Crippen LogP contribution in [0, 0.1) is 0 Å². The monoisotopic (exact) mass is 390 g/mol. The van der Waals surface area contributed by atoms with Gasteiger partial charge in [0.15, 0.2) is 16.6 Å². The molecule has 1 heterocycles. The maximum atomic E-state index is 9.80. The van der Waals surface area contributed by atoms with Crippen LogP contribution in [0.15, 0.2) is 0 Å². The number of aliphatic hydroxyl groups excluding tert-OH is 1. The first-order valence-corrected chi connectivity index (χ1v) is 15.4. The Labute approximate surface area is 157 Å². The molecule has 0 unspecified atom stereocenters. The summed E-state index contributed by atoms with van der Waals surface area (Å²) in [4.78, 5) is 0. The molecule has 0 spiro atoms. The smallest absolute Gasteiger partial charge is 0.192 e. The summed E-state index contributed by atoms with van der Waals surface area (Å²) < 4.78 is 19.2. The van der Waals surface area contributed by atoms with Gasteiger partial charge in [-0.2, -0.15) is 0 Å². The summed E-state index contributed by atoms with van der Waals surface area (Å²) in [6.45, 7) is 25.1. The van der Waals surface area contributed by atoms with Gasteiger partial charge >= 0.3 is 0 Å². The molecule has 1 aliphatic heterocycles. The van der Waals surface area contributed by atoms with Crippen molar-refractivity contribution in [2.45, 2.75) is 109 Å². The minimum atomic E-state index is -1.90. The quantitative estimate of drug-likeness (QED) is 0.653. The molecule has 0 radical (unpaired) electrons. The SMILES string of the molecule is CC(C)(C)[Si](C)(C)OC[C@]1(C)C[C@@H](O[Si](C)(C)C(C)(C)C)[C@@H](CO)O1. The van der Waals surface area contributed by atoms with E-state index < -0.39 is 22.2 Å². The average Bonchev–Trinajstić information content (AvgIpc) is 2.70. The van der Waals surface area contributed by atoms with Crippen LogP contribution in [0.3, 0.4) is 0 Å². The Balaban J connectivity index is 2.82. The lowest BCUT2D eigenvalue weighted by Gasteiger charge is -2.39. The van der Waals surface area contributed by atoms with Gasteiger partial charge in [-0.15, -0.1) is 0 Å². The molecule has 0 bridgehead atoms. The zero-order valence-corrected chi connectivity index (χ0v) is 20.4. The molecule has 0 aromatic carbocycles. The summed E-state index contributed by atoms with van der Waals surface area (Å²) >= 11 is 0. The zero-order valence-electron chi connectivity index (χ0n) is 18.4. The predicted molar refractivity (Wildman–Crippen MR) is 110 cm³/mol. The first-order valence-electron chi connectivity index (χ1n) is 9.55. The highest BCUT2D eigenvalue weighted by Gasteiger charge is 2.49. The van der Waals surface area contributed by atoms with Crippen LogP contribution in [-0.2, 0) is 13.6 Å². The summed E-state index contributed by atoms with van der Waals surface area (Å²) in [7, 11) is -3.73. The van der Waals surface area contributed by atoms with Crippen molar-refractivity contribution < 1.29 is 18.7 Å². The van der Waals surface area contributed by atoms with Crippen LogP contribution < -0.4 is 0 Å². The van der Waals surface area contributed by atoms with E-state index in [1.807, 2.05) is 0 Å². The van der Waals surface area contributed by atoms with Gasteiger partial charge in [-0.25, -0.2) is 0 Å². The van der Waals surface area contributed by atoms with E-state index >= 15 is 0 Å². The molecular weight excluding hydrogens is 348 g/mol. The molecular formula is C19H42O4Si2. The zero-order chi connectivity index (χ0) is 19.9. The molecule has 1 rings (SSSR count). The topological polar surface area (TPSA) is 47.9 Å². The number of hydrogen-bond acceptors (Lipinski definition) is 4. The van der Waals surface area contributed by atoms with Gasteiger partial charge in [0.2, 0.25) is 0 Å². The van der Waals surface area contributed by atoms with Gasteiger partial charge in [0.1, 0.15) is 6.10 Å². The van der Waals surface area contributed by atoms with Gasteiger partial charge in [-0.1, -0.05) is 41.5 Å². The van der Waals surface area contributed by atoms with Gasteiger partial charge in [-0.3, -0.25) is 0 Å². The van der Waals surface area contributed by atoms with E-state index in [1.54, 1.807) is 0 Å². The molecule has 1 aliphatic rings. The van der Waals surface area contributed by atoms with Crippen molar-refractivity contribution in [3.8, 4) is 0 Å². The molecule has 0 amide bonds. The molecule has 4 nitrogen and oxygen atoms in total. The fraction of sp³-hybridized carbons (Fsp3) is 1.00. The summed E-state index contributed by atoms with van der Waals surface area (Å²) in [6, 6.07) is 0. The fourth-order valence-electron chi connectivity index (χ4n) is 2.52. The average molecular weight is 391 g/mol. The third kappa shape index (κ3) is 5.62. The van der Waals surface area contributed by atoms with Gasteiger partial charge in [0.05, 0.1) is 24.9 Å². The largest absolute Gasteiger partial charge is 0.414 e. The van der Waals surface area contributed by atoms with Crippen molar-refractivity contribution in [2.75, 3.05) is 13.2 Å². The summed E-state index contributed by atoms with van der Waals surface area (Å²) in [5.74, 6) is 0. The summed E-state index contributed by atoms with van der Waals surface area (Å²) in [6.07, 6.45) is 0.459. The Morgan fingerprint density at radius 2 is 1.48 bits per heavy atom. The van der Waals surface area contributed by atoms with E-state index in [0.717, 1.165) is 6.42 Å². The Kier molecular flexibility index (Phi) is 6.86. The van der Waals surface area contributed by atoms with E-state index in [2.05, 4.69) is 74.7 Å². The minimum Gasteiger partial charge on any atom is -0.414 e. The first kappa shape index (κ1) is 23.3. The van der Waals surface area contributed by atoms with Crippen molar-refractivity contribution in [3.05, 3.63) is 0 Å². The molecule has 25 heavy (non-hydrogen) atoms. The molecule has 3 atom stereocenters. The molecule has 0 aromatic heterocycles. The Morgan fingerprint density at radius 3 is 1.88 bits per heavy atom. The maximum Gasteiger partial charge on any atom is 0.192 e. The van der Waals surface area contributed by atoms with E-state index in [0.29, 0.717) is 6.61 Å². The lowest BCUT2D eigenvalue weighted by Crippen LogP contribution is -2.46. The number of ether oxygens (including phenoxy) is 1. The van der Waals surface area contributed by atoms with Gasteiger partial charge in [0, 0.05) is 6.42 Å². The van der Waals surface area contributed by atoms with Crippen LogP contribution in [0.25, 0.3) is 0 Å². The van der Waals surface area contributed by atoms with Crippen molar-refractivity contribution >= 4 is 16.6 Å². The molecule has 0 aromatic rings. The van der Waals surface area contributed by atoms with Crippen molar-refractivity contribution in [3.63, 3.8) is 0 Å². The molecule has 1 fully saturated rings. The molecule has 0 aliphatic carbocycles. The van der Waals surface area contributed by atoms with E-state index in [-0.39, 0.29) is 28.9 Å². The number of aliphatic hydroxyl groups is 1. The van der Waals surface area contributed by atoms with Crippen LogP contribution in [-0.4, -0.2) is 52.8 Å². The second-order valence-corrected chi connectivity index (χ2v) is 20.5. The molecule has 150 valence electrons. The van der Waals surface area contributed by atoms with Gasteiger partial charge in [0.25, 0.3) is 0 Å². The second-order valence-electron chi connectivity index (χ2n) is 11.0. The standard InChI is InChI=1S/C19H42O4Si2/c1-17(2,3)24(8,9)21-14-19(7)12-15(16(13-20)22-19)23-25(10,11)18(4,5)6/h15-16,20H,12-14H2,1-11H3/t15-,16-,19+/m1/s1. The van der Waals surface area contributed by atoms with Crippen LogP contribution in [0.4, 0.5) is 0 Å². The summed E-state index contributed by atoms with van der Waals surface area (Å²) in [5, 5.41) is 10.1. The maximum absolute atomic E-state index is 9.80. The fourth-order valence-corrected chi connectivity index (χ4v) is 4.96. The third-order valence-electron chi connectivity index (χ3n) is 6.46. The van der Waals surface area contributed by atoms with Gasteiger partial charge < -0.3 is 18.7 Å². The molecule has 0 saturated carbocycles. The van der Waals surface area contributed by atoms with Crippen LogP contribution in [0.1, 0.15) is 54.9 Å². The Morgan fingerprint density at radius 1 is 1.00 bits per heavy atom. The van der Waals surface area contributed by atoms with Crippen molar-refractivity contribution in [2.24, 2.45) is 0 Å². The number of rotatable bonds is 6. The highest BCUT2D eigenvalue weighted by atomic mass is 28.4. The first-order chi connectivity index (χ1) is 10.9. The normalized spacial score (nSPS) is 29.3. The van der Waals surface area contributed by atoms with Crippen LogP contribution in [0.5, 0.6) is 0 Å². The molecule has 6 heteroatoms. The minimum absolute atomic E-state index is 0.00499. The second kappa shape index (κ2) is 7.36. The predicted octanol–water partition coefficient (Wildman–Crippen LogP) is 4.94. The third-order valence-corrected chi connectivity index (χ3v) is 15.4.